The van der Waals surface area contributed by atoms with Gasteiger partial charge in [-0.15, -0.1) is 12.4 Å². The zero-order chi connectivity index (χ0) is 6.69. The molecule has 0 unspecified atom stereocenters. The van der Waals surface area contributed by atoms with Crippen molar-refractivity contribution in [1.29, 1.82) is 5.41 Å². The van der Waals surface area contributed by atoms with Gasteiger partial charge >= 0.3 is 0 Å². The normalized spacial score (nSPS) is 16.7. The molecule has 0 atom stereocenters. The van der Waals surface area contributed by atoms with Crippen LogP contribution in [0.1, 0.15) is 12.8 Å². The van der Waals surface area contributed by atoms with E-state index in [2.05, 4.69) is 17.5 Å². The van der Waals surface area contributed by atoms with E-state index in [4.69, 9.17) is 5.41 Å². The fourth-order valence-corrected chi connectivity index (χ4v) is 1.29. The largest absolute Gasteiger partial charge is 0.360 e. The molecule has 1 aliphatic heterocycles. The first kappa shape index (κ1) is 10.1. The third-order valence-corrected chi connectivity index (χ3v) is 1.94. The Morgan fingerprint density at radius 3 is 2.30 bits per heavy atom. The van der Waals surface area contributed by atoms with Crippen LogP contribution in [-0.2, 0) is 0 Å². The third kappa shape index (κ3) is 2.39. The van der Waals surface area contributed by atoms with Gasteiger partial charge in [0.15, 0.2) is 0 Å². The Bertz CT molecular complexity index is 112. The van der Waals surface area contributed by atoms with Gasteiger partial charge in [0.1, 0.15) is 5.84 Å². The van der Waals surface area contributed by atoms with E-state index in [-0.39, 0.29) is 12.4 Å². The van der Waals surface area contributed by atoms with Crippen molar-refractivity contribution < 1.29 is 0 Å². The highest BCUT2D eigenvalue weighted by atomic mass is 35.5. The summed E-state index contributed by atoms with van der Waals surface area (Å²) >= 11 is 4.02. The molecule has 0 aromatic heterocycles. The van der Waals surface area contributed by atoms with Crippen molar-refractivity contribution in [3.05, 3.63) is 0 Å². The SMILES string of the molecule is Cl.N=C(CS)N1CCCC1. The van der Waals surface area contributed by atoms with Crippen LogP contribution in [0.4, 0.5) is 0 Å². The average molecular weight is 181 g/mol. The van der Waals surface area contributed by atoms with E-state index >= 15 is 0 Å². The highest BCUT2D eigenvalue weighted by Crippen LogP contribution is 2.07. The van der Waals surface area contributed by atoms with Crippen LogP contribution in [0.3, 0.4) is 0 Å². The minimum absolute atomic E-state index is 0. The molecular formula is C6H13ClN2S. The quantitative estimate of drug-likeness (QED) is 0.357. The lowest BCUT2D eigenvalue weighted by molar-refractivity contribution is 0.514. The van der Waals surface area contributed by atoms with Crippen LogP contribution in [0.2, 0.25) is 0 Å². The summed E-state index contributed by atoms with van der Waals surface area (Å²) in [7, 11) is 0. The van der Waals surface area contributed by atoms with Gasteiger partial charge in [0.25, 0.3) is 0 Å². The van der Waals surface area contributed by atoms with Gasteiger partial charge in [-0.3, -0.25) is 5.41 Å². The summed E-state index contributed by atoms with van der Waals surface area (Å²) < 4.78 is 0. The van der Waals surface area contributed by atoms with E-state index in [9.17, 15) is 0 Å². The number of nitrogens with one attached hydrogen (secondary N) is 1. The lowest BCUT2D eigenvalue weighted by Crippen LogP contribution is -2.27. The van der Waals surface area contributed by atoms with Gasteiger partial charge in [-0.05, 0) is 12.8 Å². The maximum absolute atomic E-state index is 7.38. The first-order chi connectivity index (χ1) is 4.34. The highest BCUT2D eigenvalue weighted by Gasteiger charge is 2.12. The second-order valence-electron chi connectivity index (χ2n) is 2.30. The number of likely N-dealkylation sites (tertiary alicyclic amines) is 1. The summed E-state index contributed by atoms with van der Waals surface area (Å²) in [5.74, 6) is 1.26. The fourth-order valence-electron chi connectivity index (χ4n) is 1.09. The van der Waals surface area contributed by atoms with Gasteiger partial charge in [0.2, 0.25) is 0 Å². The van der Waals surface area contributed by atoms with Gasteiger partial charge in [0, 0.05) is 18.8 Å². The first-order valence-corrected chi connectivity index (χ1v) is 3.91. The van der Waals surface area contributed by atoms with Crippen molar-refractivity contribution in [3.8, 4) is 0 Å². The standard InChI is InChI=1S/C6H12N2S.ClH/c7-6(5-9)8-3-1-2-4-8;/h7,9H,1-5H2;1H. The molecule has 0 amide bonds. The molecule has 0 saturated carbocycles. The van der Waals surface area contributed by atoms with Gasteiger partial charge in [-0.1, -0.05) is 0 Å². The molecule has 0 radical (unpaired) electrons. The van der Waals surface area contributed by atoms with Crippen molar-refractivity contribution >= 4 is 30.9 Å². The second-order valence-corrected chi connectivity index (χ2v) is 2.62. The topological polar surface area (TPSA) is 27.1 Å². The predicted molar refractivity (Wildman–Crippen MR) is 49.6 cm³/mol. The number of hydrogen-bond acceptors (Lipinski definition) is 2. The lowest BCUT2D eigenvalue weighted by Gasteiger charge is -2.15. The highest BCUT2D eigenvalue weighted by molar-refractivity contribution is 7.81. The summed E-state index contributed by atoms with van der Waals surface area (Å²) in [4.78, 5) is 2.09. The minimum atomic E-state index is 0. The van der Waals surface area contributed by atoms with Gasteiger partial charge < -0.3 is 4.90 Å². The fraction of sp³-hybridized carbons (Fsp3) is 0.833. The number of rotatable bonds is 1. The van der Waals surface area contributed by atoms with Gasteiger partial charge in [-0.25, -0.2) is 0 Å². The van der Waals surface area contributed by atoms with Gasteiger partial charge in [-0.2, -0.15) is 12.6 Å². The monoisotopic (exact) mass is 180 g/mol. The molecule has 1 saturated heterocycles. The van der Waals surface area contributed by atoms with Crippen molar-refractivity contribution in [2.45, 2.75) is 12.8 Å². The predicted octanol–water partition coefficient (Wildman–Crippen LogP) is 1.41. The van der Waals surface area contributed by atoms with E-state index in [1.54, 1.807) is 0 Å². The Labute approximate surface area is 73.3 Å². The van der Waals surface area contributed by atoms with E-state index in [1.165, 1.54) is 12.8 Å². The summed E-state index contributed by atoms with van der Waals surface area (Å²) in [5.41, 5.74) is 0. The number of hydrogen-bond donors (Lipinski definition) is 2. The molecular weight excluding hydrogens is 168 g/mol. The Morgan fingerprint density at radius 2 is 1.90 bits per heavy atom. The Balaban J connectivity index is 0.000000810. The van der Waals surface area contributed by atoms with E-state index in [0.29, 0.717) is 11.6 Å². The van der Waals surface area contributed by atoms with Crippen molar-refractivity contribution in [2.75, 3.05) is 18.8 Å². The minimum Gasteiger partial charge on any atom is -0.360 e. The number of amidine groups is 1. The molecule has 1 heterocycles. The van der Waals surface area contributed by atoms with Crippen LogP contribution in [0, 0.1) is 5.41 Å². The average Bonchev–Trinajstić information content (AvgIpc) is 2.37. The maximum atomic E-state index is 7.38. The van der Waals surface area contributed by atoms with E-state index < -0.39 is 0 Å². The molecule has 0 aromatic rings. The van der Waals surface area contributed by atoms with Crippen LogP contribution in [0.5, 0.6) is 0 Å². The molecule has 2 nitrogen and oxygen atoms in total. The molecule has 1 aliphatic rings. The lowest BCUT2D eigenvalue weighted by atomic mass is 10.4. The second kappa shape index (κ2) is 4.85. The van der Waals surface area contributed by atoms with E-state index in [1.807, 2.05) is 0 Å². The van der Waals surface area contributed by atoms with Crippen LogP contribution >= 0.6 is 25.0 Å². The van der Waals surface area contributed by atoms with Crippen molar-refractivity contribution in [3.63, 3.8) is 0 Å². The summed E-state index contributed by atoms with van der Waals surface area (Å²) in [6.45, 7) is 2.14. The molecule has 10 heavy (non-hydrogen) atoms. The Kier molecular flexibility index (Phi) is 4.91. The molecule has 0 spiro atoms. The zero-order valence-corrected chi connectivity index (χ0v) is 7.55. The maximum Gasteiger partial charge on any atom is 0.106 e. The molecule has 1 N–H and O–H groups in total. The Morgan fingerprint density at radius 1 is 1.40 bits per heavy atom. The van der Waals surface area contributed by atoms with Gasteiger partial charge in [0.05, 0.1) is 0 Å². The number of halogens is 1. The number of thiol groups is 1. The third-order valence-electron chi connectivity index (χ3n) is 1.64. The van der Waals surface area contributed by atoms with Crippen LogP contribution < -0.4 is 0 Å². The molecule has 60 valence electrons. The van der Waals surface area contributed by atoms with Crippen molar-refractivity contribution in [1.82, 2.24) is 4.90 Å². The van der Waals surface area contributed by atoms with Crippen molar-refractivity contribution in [2.24, 2.45) is 0 Å². The summed E-state index contributed by atoms with van der Waals surface area (Å²) in [5, 5.41) is 7.38. The summed E-state index contributed by atoms with van der Waals surface area (Å²) in [6, 6.07) is 0. The van der Waals surface area contributed by atoms with E-state index in [0.717, 1.165) is 13.1 Å². The summed E-state index contributed by atoms with van der Waals surface area (Å²) in [6.07, 6.45) is 2.49. The first-order valence-electron chi connectivity index (χ1n) is 3.28. The smallest absolute Gasteiger partial charge is 0.106 e. The number of nitrogens with zero attached hydrogens (tertiary/aromatic N) is 1. The molecule has 1 rings (SSSR count). The zero-order valence-electron chi connectivity index (χ0n) is 5.84. The molecule has 1 fully saturated rings. The van der Waals surface area contributed by atoms with Crippen LogP contribution in [-0.4, -0.2) is 29.6 Å². The molecule has 0 aromatic carbocycles. The van der Waals surface area contributed by atoms with Crippen LogP contribution in [0.25, 0.3) is 0 Å². The Hall–Kier alpha value is 0.110. The molecule has 4 heteroatoms. The van der Waals surface area contributed by atoms with Crippen LogP contribution in [0.15, 0.2) is 0 Å². The molecule has 0 aliphatic carbocycles. The molecule has 0 bridgehead atoms.